The van der Waals surface area contributed by atoms with Crippen molar-refractivity contribution in [1.82, 2.24) is 4.98 Å². The van der Waals surface area contributed by atoms with Gasteiger partial charge in [0.15, 0.2) is 5.13 Å². The monoisotopic (exact) mass is 342 g/mol. The summed E-state index contributed by atoms with van der Waals surface area (Å²) in [5.41, 5.74) is 3.41. The smallest absolute Gasteiger partial charge is 0.229 e. The van der Waals surface area contributed by atoms with Gasteiger partial charge >= 0.3 is 0 Å². The number of rotatable bonds is 6. The Balaban J connectivity index is 1.95. The summed E-state index contributed by atoms with van der Waals surface area (Å²) in [6.07, 6.45) is 4.05. The second-order valence-corrected chi connectivity index (χ2v) is 7.07. The number of amides is 1. The Bertz CT molecular complexity index is 798. The van der Waals surface area contributed by atoms with Crippen LogP contribution in [0.4, 0.5) is 5.13 Å². The van der Waals surface area contributed by atoms with Gasteiger partial charge in [-0.3, -0.25) is 9.69 Å². The number of thiazole rings is 1. The number of unbranched alkanes of at least 4 members (excludes halogenated alkanes) is 1. The SMILES string of the molecule is CCCCC(=O)N(Cc1ccco1)c1nc2cc(C)c(C)cc2s1. The second-order valence-electron chi connectivity index (χ2n) is 6.06. The minimum atomic E-state index is 0.0979. The maximum absolute atomic E-state index is 12.7. The van der Waals surface area contributed by atoms with Crippen molar-refractivity contribution < 1.29 is 9.21 Å². The molecule has 0 N–H and O–H groups in total. The van der Waals surface area contributed by atoms with Crippen molar-refractivity contribution in [2.45, 2.75) is 46.6 Å². The molecule has 4 nitrogen and oxygen atoms in total. The van der Waals surface area contributed by atoms with Gasteiger partial charge in [-0.25, -0.2) is 4.98 Å². The maximum atomic E-state index is 12.7. The van der Waals surface area contributed by atoms with Crippen molar-refractivity contribution in [2.75, 3.05) is 4.90 Å². The van der Waals surface area contributed by atoms with Crippen molar-refractivity contribution in [2.24, 2.45) is 0 Å². The van der Waals surface area contributed by atoms with Crippen LogP contribution in [0.3, 0.4) is 0 Å². The van der Waals surface area contributed by atoms with Gasteiger partial charge < -0.3 is 4.42 Å². The molecule has 24 heavy (non-hydrogen) atoms. The van der Waals surface area contributed by atoms with E-state index in [1.165, 1.54) is 11.1 Å². The lowest BCUT2D eigenvalue weighted by Gasteiger charge is -2.18. The third-order valence-corrected chi connectivity index (χ3v) is 5.20. The van der Waals surface area contributed by atoms with Crippen LogP contribution in [-0.2, 0) is 11.3 Å². The van der Waals surface area contributed by atoms with Crippen LogP contribution < -0.4 is 4.90 Å². The van der Waals surface area contributed by atoms with Gasteiger partial charge in [0, 0.05) is 6.42 Å². The molecule has 3 aromatic rings. The van der Waals surface area contributed by atoms with E-state index < -0.39 is 0 Å². The van der Waals surface area contributed by atoms with E-state index in [0.29, 0.717) is 13.0 Å². The first-order chi connectivity index (χ1) is 11.6. The Morgan fingerprint density at radius 3 is 2.79 bits per heavy atom. The number of furan rings is 1. The molecule has 0 radical (unpaired) electrons. The van der Waals surface area contributed by atoms with Crippen molar-refractivity contribution in [3.63, 3.8) is 0 Å². The summed E-state index contributed by atoms with van der Waals surface area (Å²) in [5.74, 6) is 0.868. The molecule has 0 spiro atoms. The number of aromatic nitrogens is 1. The van der Waals surface area contributed by atoms with Crippen LogP contribution in [0, 0.1) is 13.8 Å². The summed E-state index contributed by atoms with van der Waals surface area (Å²) >= 11 is 1.56. The molecular formula is C19H22N2O2S. The number of hydrogen-bond donors (Lipinski definition) is 0. The zero-order valence-corrected chi connectivity index (χ0v) is 15.2. The normalized spacial score (nSPS) is 11.1. The van der Waals surface area contributed by atoms with Gasteiger partial charge in [-0.2, -0.15) is 0 Å². The minimum Gasteiger partial charge on any atom is -0.467 e. The second kappa shape index (κ2) is 7.18. The fraction of sp³-hybridized carbons (Fsp3) is 0.368. The summed E-state index contributed by atoms with van der Waals surface area (Å²) in [4.78, 5) is 19.2. The van der Waals surface area contributed by atoms with E-state index in [1.807, 2.05) is 12.1 Å². The molecule has 5 heteroatoms. The molecule has 1 amide bonds. The fourth-order valence-electron chi connectivity index (χ4n) is 2.57. The Labute approximate surface area is 146 Å². The highest BCUT2D eigenvalue weighted by atomic mass is 32.1. The quantitative estimate of drug-likeness (QED) is 0.616. The topological polar surface area (TPSA) is 46.3 Å². The highest BCUT2D eigenvalue weighted by Gasteiger charge is 2.21. The average Bonchev–Trinajstić information content (AvgIpc) is 3.20. The number of aryl methyl sites for hydroxylation is 2. The number of nitrogens with zero attached hydrogens (tertiary/aromatic N) is 2. The van der Waals surface area contributed by atoms with Gasteiger partial charge in [-0.15, -0.1) is 0 Å². The number of hydrogen-bond acceptors (Lipinski definition) is 4. The zero-order valence-electron chi connectivity index (χ0n) is 14.3. The molecule has 0 unspecified atom stereocenters. The first-order valence-electron chi connectivity index (χ1n) is 8.29. The molecule has 0 bridgehead atoms. The lowest BCUT2D eigenvalue weighted by molar-refractivity contribution is -0.118. The van der Waals surface area contributed by atoms with Crippen LogP contribution in [0.15, 0.2) is 34.9 Å². The van der Waals surface area contributed by atoms with Gasteiger partial charge in [-0.1, -0.05) is 24.7 Å². The highest BCUT2D eigenvalue weighted by Crippen LogP contribution is 2.32. The van der Waals surface area contributed by atoms with E-state index in [0.717, 1.165) is 34.0 Å². The molecule has 0 fully saturated rings. The van der Waals surface area contributed by atoms with Crippen LogP contribution in [0.2, 0.25) is 0 Å². The third-order valence-electron chi connectivity index (χ3n) is 4.16. The number of carbonyl (C=O) groups is 1. The van der Waals surface area contributed by atoms with Gasteiger partial charge in [-0.05, 0) is 55.7 Å². The first kappa shape index (κ1) is 16.7. The predicted octanol–water partition coefficient (Wildman–Crippen LogP) is 5.23. The van der Waals surface area contributed by atoms with E-state index in [-0.39, 0.29) is 5.91 Å². The molecule has 0 saturated heterocycles. The molecule has 2 aromatic heterocycles. The first-order valence-corrected chi connectivity index (χ1v) is 9.10. The molecule has 1 aromatic carbocycles. The Morgan fingerprint density at radius 2 is 2.08 bits per heavy atom. The summed E-state index contributed by atoms with van der Waals surface area (Å²) in [7, 11) is 0. The fourth-order valence-corrected chi connectivity index (χ4v) is 3.63. The summed E-state index contributed by atoms with van der Waals surface area (Å²) in [6, 6.07) is 7.97. The van der Waals surface area contributed by atoms with Crippen LogP contribution in [-0.4, -0.2) is 10.9 Å². The molecule has 0 aliphatic carbocycles. The van der Waals surface area contributed by atoms with Crippen LogP contribution >= 0.6 is 11.3 Å². The Kier molecular flexibility index (Phi) is 5.00. The molecule has 0 aliphatic heterocycles. The summed E-state index contributed by atoms with van der Waals surface area (Å²) in [6.45, 7) is 6.70. The van der Waals surface area contributed by atoms with E-state index in [1.54, 1.807) is 22.5 Å². The van der Waals surface area contributed by atoms with Crippen molar-refractivity contribution in [3.8, 4) is 0 Å². The van der Waals surface area contributed by atoms with Crippen molar-refractivity contribution in [3.05, 3.63) is 47.4 Å². The third kappa shape index (κ3) is 3.51. The van der Waals surface area contributed by atoms with Gasteiger partial charge in [0.05, 0.1) is 23.0 Å². The van der Waals surface area contributed by atoms with Crippen LogP contribution in [0.1, 0.15) is 43.1 Å². The van der Waals surface area contributed by atoms with E-state index >= 15 is 0 Å². The van der Waals surface area contributed by atoms with Crippen molar-refractivity contribution in [1.29, 1.82) is 0 Å². The Hall–Kier alpha value is -2.14. The van der Waals surface area contributed by atoms with Crippen molar-refractivity contribution >= 4 is 32.6 Å². The molecule has 2 heterocycles. The molecule has 3 rings (SSSR count). The maximum Gasteiger partial charge on any atom is 0.229 e. The van der Waals surface area contributed by atoms with Gasteiger partial charge in [0.1, 0.15) is 5.76 Å². The van der Waals surface area contributed by atoms with Crippen LogP contribution in [0.5, 0.6) is 0 Å². The summed E-state index contributed by atoms with van der Waals surface area (Å²) < 4.78 is 6.55. The summed E-state index contributed by atoms with van der Waals surface area (Å²) in [5, 5.41) is 0.743. The largest absolute Gasteiger partial charge is 0.467 e. The van der Waals surface area contributed by atoms with E-state index in [4.69, 9.17) is 9.40 Å². The average molecular weight is 342 g/mol. The van der Waals surface area contributed by atoms with E-state index in [9.17, 15) is 4.79 Å². The molecule has 126 valence electrons. The number of benzene rings is 1. The highest BCUT2D eigenvalue weighted by molar-refractivity contribution is 7.22. The number of anilines is 1. The molecule has 0 aliphatic rings. The standard InChI is InChI=1S/C19H22N2O2S/c1-4-5-8-18(22)21(12-15-7-6-9-23-15)19-20-16-10-13(2)14(3)11-17(16)24-19/h6-7,9-11H,4-5,8,12H2,1-3H3. The molecule has 0 saturated carbocycles. The minimum absolute atomic E-state index is 0.0979. The van der Waals surface area contributed by atoms with Crippen LogP contribution in [0.25, 0.3) is 10.2 Å². The predicted molar refractivity (Wildman–Crippen MR) is 98.5 cm³/mol. The lowest BCUT2D eigenvalue weighted by Crippen LogP contribution is -2.29. The van der Waals surface area contributed by atoms with Gasteiger partial charge in [0.2, 0.25) is 5.91 Å². The Morgan fingerprint density at radius 1 is 1.29 bits per heavy atom. The van der Waals surface area contributed by atoms with E-state index in [2.05, 4.69) is 32.9 Å². The lowest BCUT2D eigenvalue weighted by atomic mass is 10.1. The number of fused-ring (bicyclic) bond motifs is 1. The molecule has 0 atom stereocenters. The molecular weight excluding hydrogens is 320 g/mol. The zero-order chi connectivity index (χ0) is 17.1. The number of carbonyl (C=O) groups excluding carboxylic acids is 1. The van der Waals surface area contributed by atoms with Gasteiger partial charge in [0.25, 0.3) is 0 Å².